The van der Waals surface area contributed by atoms with Gasteiger partial charge in [0, 0.05) is 38.0 Å². The van der Waals surface area contributed by atoms with Gasteiger partial charge in [-0.2, -0.15) is 0 Å². The van der Waals surface area contributed by atoms with Crippen LogP contribution in [0, 0.1) is 0 Å². The molecule has 0 fully saturated rings. The Balaban J connectivity index is 2.01. The predicted octanol–water partition coefficient (Wildman–Crippen LogP) is 0.994. The molecule has 2 heterocycles. The molecule has 0 saturated heterocycles. The quantitative estimate of drug-likeness (QED) is 0.613. The van der Waals surface area contributed by atoms with E-state index in [4.69, 9.17) is 0 Å². The summed E-state index contributed by atoms with van der Waals surface area (Å²) in [6.45, 7) is 16.2. The molecule has 2 amide bonds. The van der Waals surface area contributed by atoms with Crippen molar-refractivity contribution in [1.82, 2.24) is 50.2 Å². The first kappa shape index (κ1) is 25.3. The van der Waals surface area contributed by atoms with Crippen LogP contribution in [0.2, 0.25) is 0 Å². The lowest BCUT2D eigenvalue weighted by Gasteiger charge is -2.28. The van der Waals surface area contributed by atoms with Crippen LogP contribution in [-0.4, -0.2) is 89.2 Å². The Labute approximate surface area is 189 Å². The highest BCUT2D eigenvalue weighted by Gasteiger charge is 2.31. The molecule has 2 rings (SSSR count). The van der Waals surface area contributed by atoms with Crippen molar-refractivity contribution in [3.8, 4) is 0 Å². The second-order valence-corrected chi connectivity index (χ2v) is 10.3. The summed E-state index contributed by atoms with van der Waals surface area (Å²) in [5.41, 5.74) is -0.580. The Kier molecular flexibility index (Phi) is 7.36. The lowest BCUT2D eigenvalue weighted by molar-refractivity contribution is -0.137. The molecule has 12 nitrogen and oxygen atoms in total. The highest BCUT2D eigenvalue weighted by atomic mass is 16.2. The molecule has 0 aliphatic rings. The molecule has 0 bridgehead atoms. The van der Waals surface area contributed by atoms with Crippen LogP contribution in [0.3, 0.4) is 0 Å². The third-order valence-electron chi connectivity index (χ3n) is 5.30. The van der Waals surface area contributed by atoms with E-state index < -0.39 is 12.1 Å². The predicted molar refractivity (Wildman–Crippen MR) is 118 cm³/mol. The first-order valence-corrected chi connectivity index (χ1v) is 10.7. The van der Waals surface area contributed by atoms with E-state index in [1.807, 2.05) is 41.5 Å². The van der Waals surface area contributed by atoms with E-state index >= 15 is 0 Å². The lowest BCUT2D eigenvalue weighted by Crippen LogP contribution is -2.42. The van der Waals surface area contributed by atoms with Gasteiger partial charge >= 0.3 is 0 Å². The van der Waals surface area contributed by atoms with Crippen molar-refractivity contribution >= 4 is 11.8 Å². The van der Waals surface area contributed by atoms with E-state index in [2.05, 4.69) is 31.1 Å². The average Bonchev–Trinajstić information content (AvgIpc) is 3.38. The summed E-state index contributed by atoms with van der Waals surface area (Å²) in [5.74, 6) is 1.02. The zero-order valence-electron chi connectivity index (χ0n) is 20.9. The summed E-state index contributed by atoms with van der Waals surface area (Å²) in [6, 6.07) is -1.11. The molecule has 2 aromatic heterocycles. The monoisotopic (exact) mass is 448 g/mol. The van der Waals surface area contributed by atoms with E-state index in [-0.39, 0.29) is 22.6 Å². The van der Waals surface area contributed by atoms with Crippen molar-refractivity contribution in [3.63, 3.8) is 0 Å². The maximum absolute atomic E-state index is 13.0. The van der Waals surface area contributed by atoms with Crippen LogP contribution in [0.4, 0.5) is 0 Å². The number of hydrogen-bond acceptors (Lipinski definition) is 8. The first-order chi connectivity index (χ1) is 14.7. The molecule has 0 N–H and O–H groups in total. The maximum Gasteiger partial charge on any atom is 0.247 e. The fourth-order valence-electron chi connectivity index (χ4n) is 3.26. The minimum atomic E-state index is -0.556. The Hall–Kier alpha value is -2.92. The number of nitrogens with zero attached hydrogens (tertiary/aromatic N) is 10. The molecule has 0 aromatic carbocycles. The molecular weight excluding hydrogens is 412 g/mol. The van der Waals surface area contributed by atoms with Gasteiger partial charge in [-0.15, -0.1) is 10.2 Å². The third kappa shape index (κ3) is 5.46. The van der Waals surface area contributed by atoms with E-state index in [9.17, 15) is 9.59 Å². The van der Waals surface area contributed by atoms with Crippen molar-refractivity contribution in [2.24, 2.45) is 0 Å². The summed E-state index contributed by atoms with van der Waals surface area (Å²) in [6.07, 6.45) is 0. The number of rotatable bonds is 7. The van der Waals surface area contributed by atoms with Crippen molar-refractivity contribution < 1.29 is 9.59 Å². The standard InChI is InChI=1S/C20H36N10O2/c1-13(29-17(19(3,4)5)21-23-25-29)15(31)27(9)11-12-28(10)16(32)14(2)30-18(20(6,7)8)22-24-26-30/h13-14H,11-12H2,1-10H3. The molecule has 0 aliphatic carbocycles. The summed E-state index contributed by atoms with van der Waals surface area (Å²) in [4.78, 5) is 29.1. The largest absolute Gasteiger partial charge is 0.342 e. The SMILES string of the molecule is CC(C(=O)N(C)CCN(C)C(=O)C(C)n1nnnc1C(C)(C)C)n1nnnc1C(C)(C)C. The number of hydrogen-bond donors (Lipinski definition) is 0. The van der Waals surface area contributed by atoms with Crippen LogP contribution < -0.4 is 0 Å². The number of carbonyl (C=O) groups is 2. The molecular formula is C20H36N10O2. The third-order valence-corrected chi connectivity index (χ3v) is 5.30. The number of likely N-dealkylation sites (N-methyl/N-ethyl adjacent to an activating group) is 2. The van der Waals surface area contributed by atoms with E-state index in [1.165, 1.54) is 0 Å². The highest BCUT2D eigenvalue weighted by Crippen LogP contribution is 2.23. The molecule has 2 unspecified atom stereocenters. The van der Waals surface area contributed by atoms with E-state index in [1.54, 1.807) is 47.1 Å². The minimum Gasteiger partial charge on any atom is -0.342 e. The van der Waals surface area contributed by atoms with Crippen LogP contribution in [0.1, 0.15) is 79.1 Å². The van der Waals surface area contributed by atoms with Gasteiger partial charge in [0.15, 0.2) is 11.6 Å². The number of amides is 2. The Bertz CT molecular complexity index is 861. The second-order valence-electron chi connectivity index (χ2n) is 10.3. The fourth-order valence-corrected chi connectivity index (χ4v) is 3.26. The molecule has 12 heteroatoms. The van der Waals surface area contributed by atoms with Gasteiger partial charge in [0.25, 0.3) is 0 Å². The van der Waals surface area contributed by atoms with Crippen LogP contribution >= 0.6 is 0 Å². The molecule has 32 heavy (non-hydrogen) atoms. The van der Waals surface area contributed by atoms with Crippen molar-refractivity contribution in [3.05, 3.63) is 11.6 Å². The van der Waals surface area contributed by atoms with Gasteiger partial charge in [-0.3, -0.25) is 9.59 Å². The summed E-state index contributed by atoms with van der Waals surface area (Å²) in [7, 11) is 3.42. The zero-order valence-corrected chi connectivity index (χ0v) is 20.9. The van der Waals surface area contributed by atoms with Crippen LogP contribution in [0.5, 0.6) is 0 Å². The first-order valence-electron chi connectivity index (χ1n) is 10.7. The summed E-state index contributed by atoms with van der Waals surface area (Å²) in [5, 5.41) is 23.6. The number of carbonyl (C=O) groups excluding carboxylic acids is 2. The smallest absolute Gasteiger partial charge is 0.247 e. The van der Waals surface area contributed by atoms with Gasteiger partial charge in [0.05, 0.1) is 0 Å². The van der Waals surface area contributed by atoms with Gasteiger partial charge < -0.3 is 9.80 Å². The van der Waals surface area contributed by atoms with Crippen molar-refractivity contribution in [1.29, 1.82) is 0 Å². The van der Waals surface area contributed by atoms with Gasteiger partial charge in [-0.1, -0.05) is 41.5 Å². The van der Waals surface area contributed by atoms with Gasteiger partial charge in [0.1, 0.15) is 12.1 Å². The summed E-state index contributed by atoms with van der Waals surface area (Å²) < 4.78 is 3.11. The van der Waals surface area contributed by atoms with Gasteiger partial charge in [0.2, 0.25) is 11.8 Å². The topological polar surface area (TPSA) is 128 Å². The molecule has 178 valence electrons. The van der Waals surface area contributed by atoms with Crippen LogP contribution in [0.15, 0.2) is 0 Å². The van der Waals surface area contributed by atoms with Crippen molar-refractivity contribution in [2.75, 3.05) is 27.2 Å². The molecule has 2 atom stereocenters. The summed E-state index contributed by atoms with van der Waals surface area (Å²) >= 11 is 0. The molecule has 0 radical (unpaired) electrons. The fraction of sp³-hybridized carbons (Fsp3) is 0.800. The van der Waals surface area contributed by atoms with Crippen molar-refractivity contribution in [2.45, 2.75) is 78.3 Å². The molecule has 0 spiro atoms. The minimum absolute atomic E-state index is 0.132. The Morgan fingerprint density at radius 2 is 1.06 bits per heavy atom. The molecule has 2 aromatic rings. The maximum atomic E-state index is 13.0. The molecule has 0 saturated carbocycles. The van der Waals surface area contributed by atoms with Crippen LogP contribution in [0.25, 0.3) is 0 Å². The highest BCUT2D eigenvalue weighted by molar-refractivity contribution is 5.81. The number of aromatic nitrogens is 8. The van der Waals surface area contributed by atoms with E-state index in [0.29, 0.717) is 24.7 Å². The van der Waals surface area contributed by atoms with Gasteiger partial charge in [-0.25, -0.2) is 9.36 Å². The number of tetrazole rings is 2. The second kappa shape index (κ2) is 9.29. The Morgan fingerprint density at radius 3 is 1.34 bits per heavy atom. The normalized spacial score (nSPS) is 14.2. The van der Waals surface area contributed by atoms with Gasteiger partial charge in [-0.05, 0) is 34.7 Å². The van der Waals surface area contributed by atoms with E-state index in [0.717, 1.165) is 0 Å². The average molecular weight is 449 g/mol. The lowest BCUT2D eigenvalue weighted by atomic mass is 9.95. The Morgan fingerprint density at radius 1 is 0.750 bits per heavy atom. The van der Waals surface area contributed by atoms with Crippen LogP contribution in [-0.2, 0) is 20.4 Å². The zero-order chi connectivity index (χ0) is 24.4. The molecule has 0 aliphatic heterocycles.